The van der Waals surface area contributed by atoms with Gasteiger partial charge in [-0.1, -0.05) is 20.8 Å². The molecule has 2 N–H and O–H groups in total. The largest absolute Gasteiger partial charge is 0.335 e. The molecule has 1 aromatic carbocycles. The zero-order valence-corrected chi connectivity index (χ0v) is 15.7. The van der Waals surface area contributed by atoms with Crippen LogP contribution >= 0.6 is 0 Å². The number of rotatable bonds is 3. The van der Waals surface area contributed by atoms with Gasteiger partial charge in [0, 0.05) is 24.7 Å². The third kappa shape index (κ3) is 4.54. The molecule has 1 saturated heterocycles. The average Bonchev–Trinajstić information content (AvgIpc) is 2.86. The van der Waals surface area contributed by atoms with E-state index in [0.717, 1.165) is 12.8 Å². The molecule has 1 aromatic rings. The maximum Gasteiger partial charge on any atom is 0.315 e. The van der Waals surface area contributed by atoms with E-state index in [9.17, 15) is 14.0 Å². The molecule has 3 rings (SSSR count). The minimum Gasteiger partial charge on any atom is -0.335 e. The van der Waals surface area contributed by atoms with Gasteiger partial charge in [-0.25, -0.2) is 9.18 Å². The first-order valence-electron chi connectivity index (χ1n) is 9.35. The number of halogens is 1. The lowest BCUT2D eigenvalue weighted by Gasteiger charge is -2.39. The molecule has 1 heterocycles. The normalized spacial score (nSPS) is 28.1. The van der Waals surface area contributed by atoms with Crippen molar-refractivity contribution in [3.05, 3.63) is 30.1 Å². The van der Waals surface area contributed by atoms with Gasteiger partial charge in [0.15, 0.2) is 0 Å². The molecule has 142 valence electrons. The van der Waals surface area contributed by atoms with Crippen LogP contribution in [0.3, 0.4) is 0 Å². The Hall–Kier alpha value is -2.11. The van der Waals surface area contributed by atoms with Crippen molar-refractivity contribution in [1.82, 2.24) is 10.6 Å². The van der Waals surface area contributed by atoms with Gasteiger partial charge in [0.2, 0.25) is 5.91 Å². The molecule has 1 saturated carbocycles. The van der Waals surface area contributed by atoms with E-state index in [-0.39, 0.29) is 41.7 Å². The molecule has 1 aliphatic heterocycles. The van der Waals surface area contributed by atoms with Crippen molar-refractivity contribution in [3.63, 3.8) is 0 Å². The summed E-state index contributed by atoms with van der Waals surface area (Å²) in [6, 6.07) is 5.56. The summed E-state index contributed by atoms with van der Waals surface area (Å²) >= 11 is 0. The van der Waals surface area contributed by atoms with Crippen LogP contribution in [0.2, 0.25) is 0 Å². The molecule has 3 amide bonds. The van der Waals surface area contributed by atoms with E-state index in [4.69, 9.17) is 0 Å². The molecule has 3 atom stereocenters. The molecule has 2 fully saturated rings. The summed E-state index contributed by atoms with van der Waals surface area (Å²) in [5, 5.41) is 6.00. The van der Waals surface area contributed by atoms with E-state index >= 15 is 0 Å². The van der Waals surface area contributed by atoms with Gasteiger partial charge in [-0.2, -0.15) is 0 Å². The van der Waals surface area contributed by atoms with Gasteiger partial charge in [-0.15, -0.1) is 0 Å². The van der Waals surface area contributed by atoms with Crippen LogP contribution in [-0.2, 0) is 4.79 Å². The zero-order valence-electron chi connectivity index (χ0n) is 15.7. The Balaban J connectivity index is 1.54. The van der Waals surface area contributed by atoms with Crippen molar-refractivity contribution in [2.75, 3.05) is 11.4 Å². The summed E-state index contributed by atoms with van der Waals surface area (Å²) in [6.45, 7) is 7.12. The fourth-order valence-electron chi connectivity index (χ4n) is 4.54. The van der Waals surface area contributed by atoms with Gasteiger partial charge in [-0.05, 0) is 54.9 Å². The summed E-state index contributed by atoms with van der Waals surface area (Å²) in [7, 11) is 0. The highest BCUT2D eigenvalue weighted by Gasteiger charge is 2.34. The summed E-state index contributed by atoms with van der Waals surface area (Å²) in [5.74, 6) is 0.194. The predicted molar refractivity (Wildman–Crippen MR) is 99.4 cm³/mol. The smallest absolute Gasteiger partial charge is 0.315 e. The highest BCUT2D eigenvalue weighted by molar-refractivity contribution is 5.96. The van der Waals surface area contributed by atoms with Gasteiger partial charge < -0.3 is 15.5 Å². The number of urea groups is 1. The standard InChI is InChI=1S/C20H28FN3O2/c1-13-8-15(11-20(2,3)10-13)22-19(26)23-16-9-18(25)24(12-16)17-6-4-14(21)5-7-17/h4-7,13,15-16H,8-12H2,1-3H3,(H2,22,23,26)/t13-,15+,16-/m1/s1. The Labute approximate surface area is 154 Å². The Morgan fingerprint density at radius 3 is 2.46 bits per heavy atom. The molecule has 0 bridgehead atoms. The van der Waals surface area contributed by atoms with Gasteiger partial charge in [0.25, 0.3) is 0 Å². The first-order valence-corrected chi connectivity index (χ1v) is 9.35. The molecule has 0 spiro atoms. The van der Waals surface area contributed by atoms with Crippen LogP contribution in [-0.4, -0.2) is 30.6 Å². The summed E-state index contributed by atoms with van der Waals surface area (Å²) in [5.41, 5.74) is 0.891. The highest BCUT2D eigenvalue weighted by Crippen LogP contribution is 2.38. The molecule has 2 aliphatic rings. The van der Waals surface area contributed by atoms with E-state index in [0.29, 0.717) is 18.2 Å². The van der Waals surface area contributed by atoms with Gasteiger partial charge in [-0.3, -0.25) is 4.79 Å². The number of nitrogens with one attached hydrogen (secondary N) is 2. The molecule has 0 radical (unpaired) electrons. The predicted octanol–water partition coefficient (Wildman–Crippen LogP) is 3.45. The van der Waals surface area contributed by atoms with Crippen LogP contribution in [0.5, 0.6) is 0 Å². The Morgan fingerprint density at radius 1 is 1.15 bits per heavy atom. The second-order valence-corrected chi connectivity index (χ2v) is 8.61. The number of benzene rings is 1. The monoisotopic (exact) mass is 361 g/mol. The quantitative estimate of drug-likeness (QED) is 0.866. The van der Waals surface area contributed by atoms with Crippen LogP contribution < -0.4 is 15.5 Å². The van der Waals surface area contributed by atoms with Crippen molar-refractivity contribution in [2.24, 2.45) is 11.3 Å². The summed E-state index contributed by atoms with van der Waals surface area (Å²) in [4.78, 5) is 26.2. The molecule has 0 unspecified atom stereocenters. The second-order valence-electron chi connectivity index (χ2n) is 8.61. The molecule has 26 heavy (non-hydrogen) atoms. The maximum absolute atomic E-state index is 13.1. The SMILES string of the molecule is C[C@@H]1C[C@H](NC(=O)N[C@@H]2CC(=O)N(c3ccc(F)cc3)C2)CC(C)(C)C1. The molecule has 5 nitrogen and oxygen atoms in total. The van der Waals surface area contributed by atoms with Crippen molar-refractivity contribution in [2.45, 2.75) is 58.5 Å². The van der Waals surface area contributed by atoms with Crippen LogP contribution in [0.25, 0.3) is 0 Å². The molecule has 0 aromatic heterocycles. The molecular formula is C20H28FN3O2. The van der Waals surface area contributed by atoms with Crippen LogP contribution in [0.15, 0.2) is 24.3 Å². The Morgan fingerprint density at radius 2 is 1.81 bits per heavy atom. The lowest BCUT2D eigenvalue weighted by molar-refractivity contribution is -0.117. The molecular weight excluding hydrogens is 333 g/mol. The number of amides is 3. The van der Waals surface area contributed by atoms with Gasteiger partial charge in [0.1, 0.15) is 5.82 Å². The van der Waals surface area contributed by atoms with E-state index in [2.05, 4.69) is 31.4 Å². The number of carbonyl (C=O) groups is 2. The van der Waals surface area contributed by atoms with Crippen molar-refractivity contribution in [1.29, 1.82) is 0 Å². The lowest BCUT2D eigenvalue weighted by atomic mass is 9.71. The zero-order chi connectivity index (χ0) is 18.9. The minimum absolute atomic E-state index is 0.0608. The summed E-state index contributed by atoms with van der Waals surface area (Å²) in [6.07, 6.45) is 3.39. The van der Waals surface area contributed by atoms with Crippen LogP contribution in [0.1, 0.15) is 46.5 Å². The Kier molecular flexibility index (Phi) is 5.21. The van der Waals surface area contributed by atoms with Crippen LogP contribution in [0.4, 0.5) is 14.9 Å². The van der Waals surface area contributed by atoms with Crippen molar-refractivity contribution in [3.8, 4) is 0 Å². The topological polar surface area (TPSA) is 61.4 Å². The highest BCUT2D eigenvalue weighted by atomic mass is 19.1. The van der Waals surface area contributed by atoms with E-state index in [1.807, 2.05) is 0 Å². The second kappa shape index (κ2) is 7.25. The van der Waals surface area contributed by atoms with Crippen molar-refractivity contribution < 1.29 is 14.0 Å². The number of hydrogen-bond acceptors (Lipinski definition) is 2. The third-order valence-electron chi connectivity index (χ3n) is 5.32. The van der Waals surface area contributed by atoms with E-state index < -0.39 is 0 Å². The fourth-order valence-corrected chi connectivity index (χ4v) is 4.54. The number of carbonyl (C=O) groups excluding carboxylic acids is 2. The number of nitrogens with zero attached hydrogens (tertiary/aromatic N) is 1. The molecule has 1 aliphatic carbocycles. The fraction of sp³-hybridized carbons (Fsp3) is 0.600. The number of hydrogen-bond donors (Lipinski definition) is 2. The summed E-state index contributed by atoms with van der Waals surface area (Å²) < 4.78 is 13.1. The first kappa shape index (κ1) is 18.7. The lowest BCUT2D eigenvalue weighted by Crippen LogP contribution is -2.50. The van der Waals surface area contributed by atoms with E-state index in [1.165, 1.54) is 18.6 Å². The van der Waals surface area contributed by atoms with Gasteiger partial charge in [0.05, 0.1) is 6.04 Å². The third-order valence-corrected chi connectivity index (χ3v) is 5.32. The van der Waals surface area contributed by atoms with Gasteiger partial charge >= 0.3 is 6.03 Å². The molecule has 6 heteroatoms. The average molecular weight is 361 g/mol. The number of anilines is 1. The maximum atomic E-state index is 13.1. The Bertz CT molecular complexity index is 674. The minimum atomic E-state index is -0.334. The van der Waals surface area contributed by atoms with Crippen LogP contribution in [0, 0.1) is 17.2 Å². The van der Waals surface area contributed by atoms with E-state index in [1.54, 1.807) is 17.0 Å². The first-order chi connectivity index (χ1) is 12.2. The van der Waals surface area contributed by atoms with Crippen molar-refractivity contribution >= 4 is 17.6 Å².